The first-order valence-electron chi connectivity index (χ1n) is 4.73. The van der Waals surface area contributed by atoms with E-state index >= 15 is 0 Å². The SMILES string of the molecule is CC(=O)O/C=C1\C=C[C@@H]2[C@H]1C(=O)[C@@]2(C)Cl. The number of Topliss-reactive ketones (excluding diaryl/α,β-unsaturated/α-hetero) is 1. The summed E-state index contributed by atoms with van der Waals surface area (Å²) in [6, 6.07) is 0. The highest BCUT2D eigenvalue weighted by atomic mass is 35.5. The maximum absolute atomic E-state index is 11.7. The van der Waals surface area contributed by atoms with E-state index in [0.29, 0.717) is 0 Å². The summed E-state index contributed by atoms with van der Waals surface area (Å²) in [5, 5.41) is 0. The predicted molar refractivity (Wildman–Crippen MR) is 55.2 cm³/mol. The quantitative estimate of drug-likeness (QED) is 0.389. The molecule has 0 aromatic rings. The lowest BCUT2D eigenvalue weighted by Crippen LogP contribution is -2.56. The van der Waals surface area contributed by atoms with Crippen LogP contribution in [0, 0.1) is 11.8 Å². The molecule has 4 heteroatoms. The summed E-state index contributed by atoms with van der Waals surface area (Å²) < 4.78 is 4.75. The molecule has 0 spiro atoms. The Morgan fingerprint density at radius 3 is 2.93 bits per heavy atom. The van der Waals surface area contributed by atoms with Crippen molar-refractivity contribution in [2.45, 2.75) is 18.7 Å². The molecule has 1 fully saturated rings. The lowest BCUT2D eigenvalue weighted by Gasteiger charge is -2.43. The van der Waals surface area contributed by atoms with Gasteiger partial charge in [-0.3, -0.25) is 9.59 Å². The molecule has 1 saturated carbocycles. The Morgan fingerprint density at radius 1 is 1.67 bits per heavy atom. The Kier molecular flexibility index (Phi) is 2.23. The fourth-order valence-electron chi connectivity index (χ4n) is 2.08. The van der Waals surface area contributed by atoms with Crippen LogP contribution in [0.3, 0.4) is 0 Å². The zero-order chi connectivity index (χ0) is 11.2. The molecule has 0 N–H and O–H groups in total. The molecule has 2 aliphatic carbocycles. The number of rotatable bonds is 1. The molecule has 80 valence electrons. The van der Waals surface area contributed by atoms with Crippen molar-refractivity contribution in [3.63, 3.8) is 0 Å². The molecular weight excluding hydrogens is 216 g/mol. The number of hydrogen-bond acceptors (Lipinski definition) is 3. The van der Waals surface area contributed by atoms with E-state index in [1.807, 2.05) is 6.08 Å². The van der Waals surface area contributed by atoms with Gasteiger partial charge in [-0.15, -0.1) is 11.6 Å². The molecule has 0 saturated heterocycles. The largest absolute Gasteiger partial charge is 0.434 e. The van der Waals surface area contributed by atoms with E-state index < -0.39 is 4.87 Å². The molecule has 3 atom stereocenters. The Balaban J connectivity index is 2.16. The number of hydrogen-bond donors (Lipinski definition) is 0. The van der Waals surface area contributed by atoms with Crippen molar-refractivity contribution in [2.75, 3.05) is 0 Å². The molecule has 0 aromatic heterocycles. The van der Waals surface area contributed by atoms with Crippen LogP contribution in [0.5, 0.6) is 0 Å². The van der Waals surface area contributed by atoms with Gasteiger partial charge in [0.1, 0.15) is 4.87 Å². The van der Waals surface area contributed by atoms with Gasteiger partial charge in [0.05, 0.1) is 12.2 Å². The topological polar surface area (TPSA) is 43.4 Å². The predicted octanol–water partition coefficient (Wildman–Crippen LogP) is 1.82. The number of fused-ring (bicyclic) bond motifs is 1. The summed E-state index contributed by atoms with van der Waals surface area (Å²) in [6.07, 6.45) is 5.03. The summed E-state index contributed by atoms with van der Waals surface area (Å²) in [6.45, 7) is 3.04. The molecule has 0 aliphatic heterocycles. The van der Waals surface area contributed by atoms with E-state index in [1.54, 1.807) is 13.0 Å². The van der Waals surface area contributed by atoms with Gasteiger partial charge in [0.25, 0.3) is 0 Å². The fraction of sp³-hybridized carbons (Fsp3) is 0.455. The molecule has 15 heavy (non-hydrogen) atoms. The zero-order valence-electron chi connectivity index (χ0n) is 8.49. The highest BCUT2D eigenvalue weighted by Gasteiger charge is 2.59. The molecule has 0 unspecified atom stereocenters. The van der Waals surface area contributed by atoms with E-state index in [0.717, 1.165) is 5.57 Å². The molecule has 0 heterocycles. The molecular formula is C11H11ClO3. The third kappa shape index (κ3) is 1.42. The highest BCUT2D eigenvalue weighted by Crippen LogP contribution is 2.52. The van der Waals surface area contributed by atoms with Crippen LogP contribution >= 0.6 is 11.6 Å². The number of carbonyl (C=O) groups excluding carboxylic acids is 2. The second-order valence-corrected chi connectivity index (χ2v) is 4.81. The van der Waals surface area contributed by atoms with Crippen LogP contribution in [0.2, 0.25) is 0 Å². The number of allylic oxidation sites excluding steroid dienone is 3. The van der Waals surface area contributed by atoms with E-state index in [2.05, 4.69) is 0 Å². The Morgan fingerprint density at radius 2 is 2.33 bits per heavy atom. The van der Waals surface area contributed by atoms with Crippen molar-refractivity contribution in [2.24, 2.45) is 11.8 Å². The fourth-order valence-corrected chi connectivity index (χ4v) is 2.40. The van der Waals surface area contributed by atoms with E-state index in [1.165, 1.54) is 13.2 Å². The summed E-state index contributed by atoms with van der Waals surface area (Å²) in [4.78, 5) is 21.5. The van der Waals surface area contributed by atoms with Crippen LogP contribution in [-0.2, 0) is 14.3 Å². The van der Waals surface area contributed by atoms with Crippen molar-refractivity contribution >= 4 is 23.4 Å². The minimum absolute atomic E-state index is 0.00225. The van der Waals surface area contributed by atoms with Gasteiger partial charge >= 0.3 is 5.97 Å². The van der Waals surface area contributed by atoms with E-state index in [4.69, 9.17) is 16.3 Å². The van der Waals surface area contributed by atoms with Crippen LogP contribution in [-0.4, -0.2) is 16.6 Å². The van der Waals surface area contributed by atoms with Crippen LogP contribution in [0.25, 0.3) is 0 Å². The maximum atomic E-state index is 11.7. The van der Waals surface area contributed by atoms with Crippen molar-refractivity contribution in [1.82, 2.24) is 0 Å². The molecule has 2 rings (SSSR count). The van der Waals surface area contributed by atoms with Gasteiger partial charge in [0.2, 0.25) is 0 Å². The monoisotopic (exact) mass is 226 g/mol. The van der Waals surface area contributed by atoms with E-state index in [9.17, 15) is 9.59 Å². The Hall–Kier alpha value is -1.09. The van der Waals surface area contributed by atoms with Gasteiger partial charge in [0.15, 0.2) is 5.78 Å². The van der Waals surface area contributed by atoms with Gasteiger partial charge in [-0.05, 0) is 12.5 Å². The minimum Gasteiger partial charge on any atom is -0.434 e. The third-order valence-electron chi connectivity index (χ3n) is 2.97. The summed E-state index contributed by atoms with van der Waals surface area (Å²) >= 11 is 6.05. The van der Waals surface area contributed by atoms with Gasteiger partial charge in [-0.25, -0.2) is 0 Å². The second kappa shape index (κ2) is 3.20. The maximum Gasteiger partial charge on any atom is 0.307 e. The molecule has 2 aliphatic rings. The number of ether oxygens (including phenoxy) is 1. The number of alkyl halides is 1. The zero-order valence-corrected chi connectivity index (χ0v) is 9.25. The van der Waals surface area contributed by atoms with Crippen LogP contribution in [0.15, 0.2) is 24.0 Å². The number of halogens is 1. The number of esters is 1. The summed E-state index contributed by atoms with van der Waals surface area (Å²) in [5.41, 5.74) is 0.735. The summed E-state index contributed by atoms with van der Waals surface area (Å²) in [5.74, 6) is -0.572. The van der Waals surface area contributed by atoms with Gasteiger partial charge in [0, 0.05) is 12.8 Å². The first kappa shape index (κ1) is 10.4. The first-order chi connectivity index (χ1) is 6.94. The molecule has 0 bridgehead atoms. The smallest absolute Gasteiger partial charge is 0.307 e. The Labute approximate surface area is 92.7 Å². The van der Waals surface area contributed by atoms with Crippen LogP contribution < -0.4 is 0 Å². The average molecular weight is 227 g/mol. The summed E-state index contributed by atoms with van der Waals surface area (Å²) in [7, 11) is 0. The molecule has 0 amide bonds. The lowest BCUT2D eigenvalue weighted by molar-refractivity contribution is -0.137. The normalized spacial score (nSPS) is 40.2. The molecule has 0 radical (unpaired) electrons. The van der Waals surface area contributed by atoms with Crippen molar-refractivity contribution in [3.05, 3.63) is 24.0 Å². The van der Waals surface area contributed by atoms with Crippen molar-refractivity contribution in [3.8, 4) is 0 Å². The van der Waals surface area contributed by atoms with Crippen LogP contribution in [0.1, 0.15) is 13.8 Å². The standard InChI is InChI=1S/C11H11ClO3/c1-6(13)15-5-7-3-4-8-9(7)10(14)11(8,2)12/h3-5,8-9H,1-2H3/b7-5+/t8-,9+,11+/m1/s1. The number of carbonyl (C=O) groups is 2. The van der Waals surface area contributed by atoms with Crippen molar-refractivity contribution in [1.29, 1.82) is 0 Å². The van der Waals surface area contributed by atoms with Crippen molar-refractivity contribution < 1.29 is 14.3 Å². The lowest BCUT2D eigenvalue weighted by atomic mass is 9.64. The second-order valence-electron chi connectivity index (χ2n) is 4.03. The van der Waals surface area contributed by atoms with Gasteiger partial charge in [-0.1, -0.05) is 12.2 Å². The van der Waals surface area contributed by atoms with Gasteiger partial charge in [-0.2, -0.15) is 0 Å². The van der Waals surface area contributed by atoms with Crippen LogP contribution in [0.4, 0.5) is 0 Å². The average Bonchev–Trinajstić information content (AvgIpc) is 2.55. The molecule has 3 nitrogen and oxygen atoms in total. The van der Waals surface area contributed by atoms with Gasteiger partial charge < -0.3 is 4.74 Å². The minimum atomic E-state index is -0.785. The highest BCUT2D eigenvalue weighted by molar-refractivity contribution is 6.39. The van der Waals surface area contributed by atoms with E-state index in [-0.39, 0.29) is 23.6 Å². The third-order valence-corrected chi connectivity index (χ3v) is 3.40. The first-order valence-corrected chi connectivity index (χ1v) is 5.11. The number of ketones is 1. The Bertz CT molecular complexity index is 393. The molecule has 0 aromatic carbocycles.